The maximum atomic E-state index is 2.44. The third-order valence-electron chi connectivity index (χ3n) is 6.49. The molecule has 0 nitrogen and oxygen atoms in total. The van der Waals surface area contributed by atoms with Gasteiger partial charge in [0, 0.05) is 0 Å². The molecule has 5 heteroatoms. The van der Waals surface area contributed by atoms with Crippen molar-refractivity contribution >= 4 is 48.0 Å². The van der Waals surface area contributed by atoms with Crippen molar-refractivity contribution in [2.45, 2.75) is 66.2 Å². The van der Waals surface area contributed by atoms with Gasteiger partial charge < -0.3 is 24.8 Å². The first-order chi connectivity index (χ1) is 16.7. The van der Waals surface area contributed by atoms with Gasteiger partial charge in [-0.2, -0.15) is 12.1 Å². The summed E-state index contributed by atoms with van der Waals surface area (Å²) in [6.07, 6.45) is 13.7. The molecule has 0 heterocycles. The summed E-state index contributed by atoms with van der Waals surface area (Å²) >= 11 is 0. The molecule has 0 N–H and O–H groups in total. The molecular weight excluding hydrogens is 608 g/mol. The van der Waals surface area contributed by atoms with Crippen LogP contribution in [0.4, 0.5) is 0 Å². The van der Waals surface area contributed by atoms with Crippen molar-refractivity contribution in [3.63, 3.8) is 0 Å². The van der Waals surface area contributed by atoms with Crippen LogP contribution in [0, 0.1) is 0 Å². The summed E-state index contributed by atoms with van der Waals surface area (Å²) in [6.45, 7) is 9.20. The molecule has 0 amide bonds. The molecule has 37 heavy (non-hydrogen) atoms. The Kier molecular flexibility index (Phi) is 20.8. The van der Waals surface area contributed by atoms with E-state index in [2.05, 4.69) is 100 Å². The topological polar surface area (TPSA) is 0 Å². The first kappa shape index (κ1) is 37.0. The predicted octanol–water partition coefficient (Wildman–Crippen LogP) is 3.76. The van der Waals surface area contributed by atoms with E-state index in [1.165, 1.54) is 84.7 Å². The van der Waals surface area contributed by atoms with Crippen LogP contribution in [0.2, 0.25) is 0 Å². The van der Waals surface area contributed by atoms with Gasteiger partial charge in [0.25, 0.3) is 0 Å². The summed E-state index contributed by atoms with van der Waals surface area (Å²) in [7, 11) is 0.183. The summed E-state index contributed by atoms with van der Waals surface area (Å²) in [5.74, 6) is 0. The molecule has 4 aromatic rings. The van der Waals surface area contributed by atoms with E-state index in [4.69, 9.17) is 0 Å². The van der Waals surface area contributed by atoms with Crippen molar-refractivity contribution in [1.82, 2.24) is 0 Å². The molecule has 0 fully saturated rings. The second-order valence-corrected chi connectivity index (χ2v) is 14.3. The smallest absolute Gasteiger partial charge is 1.00 e. The Labute approximate surface area is 260 Å². The second-order valence-electron chi connectivity index (χ2n) is 9.37. The molecule has 0 aliphatic heterocycles. The zero-order valence-corrected chi connectivity index (χ0v) is 28.9. The Morgan fingerprint density at radius 1 is 0.541 bits per heavy atom. The Morgan fingerprint density at radius 2 is 0.919 bits per heavy atom. The first-order valence-corrected chi connectivity index (χ1v) is 16.9. The maximum Gasteiger partial charge on any atom is 4.00 e. The second kappa shape index (κ2) is 20.8. The van der Waals surface area contributed by atoms with Crippen LogP contribution in [-0.2, 0) is 26.2 Å². The van der Waals surface area contributed by atoms with Gasteiger partial charge in [-0.15, -0.1) is 80.7 Å². The van der Waals surface area contributed by atoms with E-state index in [0.29, 0.717) is 0 Å². The molecule has 0 aromatic heterocycles. The van der Waals surface area contributed by atoms with Crippen LogP contribution < -0.4 is 35.4 Å². The van der Waals surface area contributed by atoms with E-state index < -0.39 is 0 Å². The van der Waals surface area contributed by atoms with Crippen molar-refractivity contribution in [3.05, 3.63) is 72.8 Å². The van der Waals surface area contributed by atoms with E-state index in [-0.39, 0.29) is 66.9 Å². The Hall–Kier alpha value is -0.0169. The fourth-order valence-electron chi connectivity index (χ4n) is 4.61. The van der Waals surface area contributed by atoms with E-state index in [1.807, 2.05) is 0 Å². The standard InChI is InChI=1S/C17H24P.C15H20P.2ClH.Zr/c1-3-5-11-18(12-6-4-2)17-13-15-9-7-8-10-16(15)14-17;1-3-9-16(10-4-2)15-11-13-7-5-6-8-14(13)12-15;;;/h7-10,13-14H,3-6,11-12H2,1-2H3;5-8,11-12H,3-4,9-10H2,1-2H3;2*1H;/q2*-1;;;+4/p-2. The normalized spacial score (nSPS) is 10.5. The molecule has 0 atom stereocenters. The van der Waals surface area contributed by atoms with Crippen LogP contribution in [0.1, 0.15) is 66.2 Å². The van der Waals surface area contributed by atoms with Gasteiger partial charge in [-0.05, 0) is 37.5 Å². The third kappa shape index (κ3) is 11.5. The molecular formula is C32H44Cl2P2Zr. The fraction of sp³-hybridized carbons (Fsp3) is 0.438. The van der Waals surface area contributed by atoms with Crippen molar-refractivity contribution < 1.29 is 51.0 Å². The summed E-state index contributed by atoms with van der Waals surface area (Å²) in [6, 6.07) is 27.2. The maximum absolute atomic E-state index is 2.44. The van der Waals surface area contributed by atoms with Gasteiger partial charge in [0.2, 0.25) is 0 Å². The van der Waals surface area contributed by atoms with Gasteiger partial charge in [0.05, 0.1) is 0 Å². The van der Waals surface area contributed by atoms with E-state index in [9.17, 15) is 0 Å². The Balaban J connectivity index is 0.000000651. The van der Waals surface area contributed by atoms with Gasteiger partial charge in [0.1, 0.15) is 0 Å². The van der Waals surface area contributed by atoms with Crippen molar-refractivity contribution in [2.75, 3.05) is 24.6 Å². The minimum Gasteiger partial charge on any atom is -1.00 e. The van der Waals surface area contributed by atoms with E-state index >= 15 is 0 Å². The molecule has 0 saturated heterocycles. The number of fused-ring (bicyclic) bond motifs is 2. The van der Waals surface area contributed by atoms with Crippen LogP contribution in [0.5, 0.6) is 0 Å². The largest absolute Gasteiger partial charge is 4.00 e. The molecule has 0 spiro atoms. The van der Waals surface area contributed by atoms with Crippen LogP contribution >= 0.6 is 15.8 Å². The zero-order chi connectivity index (χ0) is 24.2. The molecule has 0 bridgehead atoms. The average molecular weight is 653 g/mol. The quantitative estimate of drug-likeness (QED) is 0.162. The van der Waals surface area contributed by atoms with E-state index in [0.717, 1.165) is 0 Å². The molecule has 0 unspecified atom stereocenters. The molecule has 0 aliphatic carbocycles. The van der Waals surface area contributed by atoms with Gasteiger partial charge in [0.15, 0.2) is 0 Å². The molecule has 200 valence electrons. The van der Waals surface area contributed by atoms with Crippen molar-refractivity contribution in [2.24, 2.45) is 0 Å². The molecule has 0 saturated carbocycles. The van der Waals surface area contributed by atoms with Crippen LogP contribution in [0.25, 0.3) is 21.5 Å². The summed E-state index contributed by atoms with van der Waals surface area (Å²) in [4.78, 5) is 0. The SMILES string of the molecule is CCCCP(CCCC)c1cc2ccccc2[cH-]1.CCCP(CCC)c1cc2ccccc2[cH-]1.[Cl-].[Cl-].[Zr+4]. The zero-order valence-electron chi connectivity index (χ0n) is 23.1. The molecule has 4 aromatic carbocycles. The number of benzene rings is 2. The summed E-state index contributed by atoms with van der Waals surface area (Å²) in [5.41, 5.74) is 0. The van der Waals surface area contributed by atoms with E-state index in [1.54, 1.807) is 10.6 Å². The minimum atomic E-state index is 0. The van der Waals surface area contributed by atoms with Crippen molar-refractivity contribution in [1.29, 1.82) is 0 Å². The number of hydrogen-bond acceptors (Lipinski definition) is 0. The van der Waals surface area contributed by atoms with Gasteiger partial charge in [-0.3, -0.25) is 0 Å². The number of unbranched alkanes of at least 4 members (excludes halogenated alkanes) is 2. The molecule has 0 radical (unpaired) electrons. The molecule has 0 aliphatic rings. The van der Waals surface area contributed by atoms with Crippen LogP contribution in [-0.4, -0.2) is 24.6 Å². The Bertz CT molecular complexity index is 1020. The monoisotopic (exact) mass is 650 g/mol. The third-order valence-corrected chi connectivity index (χ3v) is 12.1. The first-order valence-electron chi connectivity index (χ1n) is 13.5. The minimum absolute atomic E-state index is 0. The molecule has 4 rings (SSSR count). The fourth-order valence-corrected chi connectivity index (χ4v) is 9.85. The van der Waals surface area contributed by atoms with Crippen LogP contribution in [0.3, 0.4) is 0 Å². The van der Waals surface area contributed by atoms with Gasteiger partial charge in [-0.25, -0.2) is 0 Å². The number of hydrogen-bond donors (Lipinski definition) is 0. The van der Waals surface area contributed by atoms with Crippen molar-refractivity contribution in [3.8, 4) is 0 Å². The van der Waals surface area contributed by atoms with Crippen LogP contribution in [0.15, 0.2) is 72.8 Å². The number of rotatable bonds is 12. The van der Waals surface area contributed by atoms with Gasteiger partial charge >= 0.3 is 26.2 Å². The van der Waals surface area contributed by atoms with Gasteiger partial charge in [-0.1, -0.05) is 81.4 Å². The number of halogens is 2. The summed E-state index contributed by atoms with van der Waals surface area (Å²) < 4.78 is 0. The average Bonchev–Trinajstić information content (AvgIpc) is 3.49. The summed E-state index contributed by atoms with van der Waals surface area (Å²) in [5, 5.41) is 8.92. The Morgan fingerprint density at radius 3 is 1.27 bits per heavy atom. The predicted molar refractivity (Wildman–Crippen MR) is 162 cm³/mol.